The molecule has 3 rings (SSSR count). The minimum Gasteiger partial charge on any atom is -0.497 e. The first-order valence-electron chi connectivity index (χ1n) is 7.32. The number of urea groups is 1. The van der Waals surface area contributed by atoms with Crippen LogP contribution in [-0.2, 0) is 13.1 Å². The average molecular weight is 310 g/mol. The second kappa shape index (κ2) is 6.83. The van der Waals surface area contributed by atoms with Crippen LogP contribution in [0.1, 0.15) is 11.3 Å². The third kappa shape index (κ3) is 3.79. The summed E-state index contributed by atoms with van der Waals surface area (Å²) in [5.41, 5.74) is 2.83. The predicted octanol–water partition coefficient (Wildman–Crippen LogP) is 2.34. The summed E-state index contributed by atoms with van der Waals surface area (Å²) in [5.74, 6) is 0.796. The molecular formula is C17H18N4O2. The molecule has 0 radical (unpaired) electrons. The van der Waals surface area contributed by atoms with E-state index in [0.717, 1.165) is 22.5 Å². The summed E-state index contributed by atoms with van der Waals surface area (Å²) < 4.78 is 6.88. The minimum absolute atomic E-state index is 0.224. The van der Waals surface area contributed by atoms with Gasteiger partial charge in [-0.2, -0.15) is 5.10 Å². The lowest BCUT2D eigenvalue weighted by Crippen LogP contribution is -2.34. The van der Waals surface area contributed by atoms with Gasteiger partial charge < -0.3 is 15.4 Å². The number of rotatable bonds is 5. The SMILES string of the molecule is COc1ccc(CNC(=O)NCc2cc3ccccn3n2)cc1. The molecule has 0 aliphatic heterocycles. The van der Waals surface area contributed by atoms with E-state index in [1.807, 2.05) is 54.7 Å². The van der Waals surface area contributed by atoms with Crippen molar-refractivity contribution in [1.82, 2.24) is 20.2 Å². The first-order chi connectivity index (χ1) is 11.2. The van der Waals surface area contributed by atoms with Gasteiger partial charge in [-0.25, -0.2) is 9.31 Å². The Morgan fingerprint density at radius 2 is 1.91 bits per heavy atom. The zero-order chi connectivity index (χ0) is 16.1. The lowest BCUT2D eigenvalue weighted by molar-refractivity contribution is 0.240. The van der Waals surface area contributed by atoms with E-state index in [2.05, 4.69) is 15.7 Å². The van der Waals surface area contributed by atoms with E-state index in [0.29, 0.717) is 13.1 Å². The molecule has 118 valence electrons. The van der Waals surface area contributed by atoms with E-state index in [-0.39, 0.29) is 6.03 Å². The van der Waals surface area contributed by atoms with Crippen LogP contribution in [0.4, 0.5) is 4.79 Å². The summed E-state index contributed by atoms with van der Waals surface area (Å²) in [6.07, 6.45) is 1.88. The van der Waals surface area contributed by atoms with Gasteiger partial charge >= 0.3 is 6.03 Å². The Hall–Kier alpha value is -3.02. The molecule has 2 aromatic heterocycles. The predicted molar refractivity (Wildman–Crippen MR) is 87.3 cm³/mol. The van der Waals surface area contributed by atoms with Gasteiger partial charge in [-0.15, -0.1) is 0 Å². The van der Waals surface area contributed by atoms with Crippen molar-refractivity contribution in [2.24, 2.45) is 0 Å². The summed E-state index contributed by atoms with van der Waals surface area (Å²) in [7, 11) is 1.63. The highest BCUT2D eigenvalue weighted by atomic mass is 16.5. The molecule has 0 bridgehead atoms. The van der Waals surface area contributed by atoms with E-state index in [1.54, 1.807) is 11.6 Å². The number of amides is 2. The molecule has 0 aliphatic carbocycles. The Bertz CT molecular complexity index is 763. The van der Waals surface area contributed by atoms with Crippen molar-refractivity contribution in [3.63, 3.8) is 0 Å². The molecular weight excluding hydrogens is 292 g/mol. The monoisotopic (exact) mass is 310 g/mol. The fourth-order valence-corrected chi connectivity index (χ4v) is 2.24. The molecule has 0 saturated carbocycles. The topological polar surface area (TPSA) is 67.7 Å². The van der Waals surface area contributed by atoms with Crippen molar-refractivity contribution in [1.29, 1.82) is 0 Å². The van der Waals surface area contributed by atoms with Crippen LogP contribution in [0.25, 0.3) is 5.52 Å². The fourth-order valence-electron chi connectivity index (χ4n) is 2.24. The van der Waals surface area contributed by atoms with Crippen LogP contribution in [0.2, 0.25) is 0 Å². The molecule has 2 amide bonds. The Kier molecular flexibility index (Phi) is 4.42. The fraction of sp³-hybridized carbons (Fsp3) is 0.176. The van der Waals surface area contributed by atoms with Crippen molar-refractivity contribution < 1.29 is 9.53 Å². The number of methoxy groups -OCH3 is 1. The van der Waals surface area contributed by atoms with Crippen molar-refractivity contribution >= 4 is 11.5 Å². The number of nitrogens with one attached hydrogen (secondary N) is 2. The summed E-state index contributed by atoms with van der Waals surface area (Å²) in [6, 6.07) is 15.1. The van der Waals surface area contributed by atoms with Crippen molar-refractivity contribution in [3.05, 3.63) is 66.0 Å². The molecule has 6 nitrogen and oxygen atoms in total. The van der Waals surface area contributed by atoms with E-state index < -0.39 is 0 Å². The van der Waals surface area contributed by atoms with Gasteiger partial charge in [-0.1, -0.05) is 18.2 Å². The lowest BCUT2D eigenvalue weighted by atomic mass is 10.2. The maximum Gasteiger partial charge on any atom is 0.315 e. The van der Waals surface area contributed by atoms with Gasteiger partial charge in [0.1, 0.15) is 5.75 Å². The molecule has 0 atom stereocenters. The number of carbonyl (C=O) groups is 1. The molecule has 2 heterocycles. The van der Waals surface area contributed by atoms with E-state index in [9.17, 15) is 4.79 Å². The quantitative estimate of drug-likeness (QED) is 0.760. The van der Waals surface area contributed by atoms with Crippen LogP contribution in [0.5, 0.6) is 5.75 Å². The van der Waals surface area contributed by atoms with Gasteiger partial charge in [-0.05, 0) is 35.9 Å². The number of fused-ring (bicyclic) bond motifs is 1. The Morgan fingerprint density at radius 1 is 1.13 bits per heavy atom. The van der Waals surface area contributed by atoms with Crippen LogP contribution in [-0.4, -0.2) is 22.8 Å². The average Bonchev–Trinajstić information content (AvgIpc) is 3.01. The van der Waals surface area contributed by atoms with Gasteiger partial charge in [-0.3, -0.25) is 0 Å². The zero-order valence-electron chi connectivity index (χ0n) is 12.8. The third-order valence-corrected chi connectivity index (χ3v) is 3.46. The highest BCUT2D eigenvalue weighted by Gasteiger charge is 2.04. The van der Waals surface area contributed by atoms with Crippen molar-refractivity contribution in [2.45, 2.75) is 13.1 Å². The summed E-state index contributed by atoms with van der Waals surface area (Å²) in [6.45, 7) is 0.844. The molecule has 23 heavy (non-hydrogen) atoms. The standard InChI is InChI=1S/C17H18N4O2/c1-23-16-7-5-13(6-8-16)11-18-17(22)19-12-14-10-15-4-2-3-9-21(15)20-14/h2-10H,11-12H2,1H3,(H2,18,19,22). The van der Waals surface area contributed by atoms with Gasteiger partial charge in [0, 0.05) is 12.7 Å². The summed E-state index contributed by atoms with van der Waals surface area (Å²) in [4.78, 5) is 11.8. The Morgan fingerprint density at radius 3 is 2.65 bits per heavy atom. The summed E-state index contributed by atoms with van der Waals surface area (Å²) >= 11 is 0. The number of carbonyl (C=O) groups excluding carboxylic acids is 1. The molecule has 3 aromatic rings. The number of ether oxygens (including phenoxy) is 1. The number of benzene rings is 1. The maximum absolute atomic E-state index is 11.8. The second-order valence-corrected chi connectivity index (χ2v) is 5.09. The van der Waals surface area contributed by atoms with Gasteiger partial charge in [0.05, 0.1) is 24.9 Å². The number of nitrogens with zero attached hydrogens (tertiary/aromatic N) is 2. The van der Waals surface area contributed by atoms with Crippen LogP contribution >= 0.6 is 0 Å². The smallest absolute Gasteiger partial charge is 0.315 e. The first-order valence-corrected chi connectivity index (χ1v) is 7.32. The molecule has 0 aliphatic rings. The number of hydrogen-bond donors (Lipinski definition) is 2. The largest absolute Gasteiger partial charge is 0.497 e. The normalized spacial score (nSPS) is 10.5. The number of hydrogen-bond acceptors (Lipinski definition) is 3. The number of aromatic nitrogens is 2. The summed E-state index contributed by atoms with van der Waals surface area (Å²) in [5, 5.41) is 10.00. The van der Waals surface area contributed by atoms with Crippen LogP contribution in [0.15, 0.2) is 54.7 Å². The van der Waals surface area contributed by atoms with Gasteiger partial charge in [0.15, 0.2) is 0 Å². The van der Waals surface area contributed by atoms with Gasteiger partial charge in [0.25, 0.3) is 0 Å². The number of pyridine rings is 1. The van der Waals surface area contributed by atoms with Crippen molar-refractivity contribution in [3.8, 4) is 5.75 Å². The third-order valence-electron chi connectivity index (χ3n) is 3.46. The second-order valence-electron chi connectivity index (χ2n) is 5.09. The van der Waals surface area contributed by atoms with Crippen molar-refractivity contribution in [2.75, 3.05) is 7.11 Å². The molecule has 0 unspecified atom stereocenters. The highest BCUT2D eigenvalue weighted by Crippen LogP contribution is 2.11. The molecule has 1 aromatic carbocycles. The maximum atomic E-state index is 11.8. The highest BCUT2D eigenvalue weighted by molar-refractivity contribution is 5.73. The van der Waals surface area contributed by atoms with Gasteiger partial charge in [0.2, 0.25) is 0 Å². The Labute approximate surface area is 134 Å². The van der Waals surface area contributed by atoms with Crippen LogP contribution in [0.3, 0.4) is 0 Å². The Balaban J connectivity index is 1.49. The van der Waals surface area contributed by atoms with E-state index >= 15 is 0 Å². The minimum atomic E-state index is -0.224. The van der Waals surface area contributed by atoms with Crippen LogP contribution in [0, 0.1) is 0 Å². The lowest BCUT2D eigenvalue weighted by Gasteiger charge is -2.07. The molecule has 0 saturated heterocycles. The first kappa shape index (κ1) is 14.9. The van der Waals surface area contributed by atoms with Crippen LogP contribution < -0.4 is 15.4 Å². The van der Waals surface area contributed by atoms with E-state index in [1.165, 1.54) is 0 Å². The van der Waals surface area contributed by atoms with E-state index in [4.69, 9.17) is 4.74 Å². The molecule has 6 heteroatoms. The zero-order valence-corrected chi connectivity index (χ0v) is 12.8. The molecule has 0 fully saturated rings. The molecule has 0 spiro atoms. The molecule has 2 N–H and O–H groups in total.